The van der Waals surface area contributed by atoms with Crippen molar-refractivity contribution < 1.29 is 32.2 Å². The molecular weight excluding hydrogens is 529 g/mol. The van der Waals surface area contributed by atoms with E-state index in [1.807, 2.05) is 13.8 Å². The smallest absolute Gasteiger partial charge is 0.406 e. The second-order valence-corrected chi connectivity index (χ2v) is 10.2. The molecule has 2 aliphatic rings. The van der Waals surface area contributed by atoms with Crippen molar-refractivity contribution in [2.24, 2.45) is 0 Å². The van der Waals surface area contributed by atoms with Crippen LogP contribution in [-0.4, -0.2) is 68.1 Å². The molecule has 0 spiro atoms. The van der Waals surface area contributed by atoms with Crippen LogP contribution in [0.5, 0.6) is 5.75 Å². The minimum atomic E-state index is -4.87. The van der Waals surface area contributed by atoms with Gasteiger partial charge < -0.3 is 19.7 Å². The Morgan fingerprint density at radius 2 is 1.80 bits per heavy atom. The largest absolute Gasteiger partial charge is 0.573 e. The van der Waals surface area contributed by atoms with Crippen LogP contribution < -0.4 is 10.1 Å². The highest BCUT2D eigenvalue weighted by molar-refractivity contribution is 5.95. The Morgan fingerprint density at radius 3 is 2.42 bits per heavy atom. The Hall–Kier alpha value is -4.00. The van der Waals surface area contributed by atoms with Crippen LogP contribution in [0.3, 0.4) is 0 Å². The Morgan fingerprint density at radius 1 is 1.07 bits per heavy atom. The van der Waals surface area contributed by atoms with Crippen LogP contribution >= 0.6 is 0 Å². The third-order valence-corrected chi connectivity index (χ3v) is 6.70. The number of carbonyl (C=O) groups is 2. The number of pyridine rings is 1. The van der Waals surface area contributed by atoms with Gasteiger partial charge in [0.2, 0.25) is 0 Å². The van der Waals surface area contributed by atoms with Gasteiger partial charge in [0.15, 0.2) is 11.6 Å². The number of alkyl halides is 3. The lowest BCUT2D eigenvalue weighted by Gasteiger charge is -2.35. The molecule has 3 heterocycles. The van der Waals surface area contributed by atoms with E-state index in [0.717, 1.165) is 18.9 Å². The minimum absolute atomic E-state index is 0.0503. The van der Waals surface area contributed by atoms with Crippen molar-refractivity contribution >= 4 is 11.8 Å². The molecule has 1 saturated heterocycles. The predicted octanol–water partition coefficient (Wildman–Crippen LogP) is 4.18. The van der Waals surface area contributed by atoms with E-state index in [4.69, 9.17) is 4.74 Å². The summed E-state index contributed by atoms with van der Waals surface area (Å²) in [5.74, 6) is -0.328. The normalized spacial score (nSPS) is 20.2. The molecule has 10 nitrogen and oxygen atoms in total. The highest BCUT2D eigenvalue weighted by Gasteiger charge is 2.33. The molecule has 1 saturated carbocycles. The molecule has 3 aromatic rings. The van der Waals surface area contributed by atoms with Gasteiger partial charge in [-0.2, -0.15) is 9.78 Å². The molecule has 2 fully saturated rings. The standard InChI is InChI=1S/C27H29F3N6O4/c1-15-12-35(13-16(2)39-15)26(38)19-6-7-23(31-11-19)36-24(32-14-33-36)17(3)34-25(37)21-8-20(18-4-5-18)9-22(10-21)40-27(28,29)30/h6-11,14-18H,4-5,12-13H2,1-3H3,(H,34,37)/t15-,16+,17-/m0/s1. The lowest BCUT2D eigenvalue weighted by Crippen LogP contribution is -2.48. The molecule has 0 unspecified atom stereocenters. The number of nitrogens with one attached hydrogen (secondary N) is 1. The van der Waals surface area contributed by atoms with Gasteiger partial charge in [0.25, 0.3) is 11.8 Å². The van der Waals surface area contributed by atoms with E-state index in [-0.39, 0.29) is 29.6 Å². The van der Waals surface area contributed by atoms with Crippen LogP contribution in [-0.2, 0) is 4.74 Å². The van der Waals surface area contributed by atoms with E-state index < -0.39 is 24.1 Å². The summed E-state index contributed by atoms with van der Waals surface area (Å²) in [7, 11) is 0. The second-order valence-electron chi connectivity index (χ2n) is 10.2. The summed E-state index contributed by atoms with van der Waals surface area (Å²) in [6, 6.07) is 6.58. The quantitative estimate of drug-likeness (QED) is 0.463. The number of nitrogens with zero attached hydrogens (tertiary/aromatic N) is 5. The molecule has 2 aromatic heterocycles. The SMILES string of the molecule is C[C@@H]1CN(C(=O)c2ccc(-n3ncnc3[C@H](C)NC(=O)c3cc(OC(F)(F)F)cc(C4CC4)c3)nc2)C[C@H](C)O1. The number of rotatable bonds is 7. The third-order valence-electron chi connectivity index (χ3n) is 6.70. The predicted molar refractivity (Wildman–Crippen MR) is 136 cm³/mol. The van der Waals surface area contributed by atoms with Crippen molar-refractivity contribution in [1.29, 1.82) is 0 Å². The van der Waals surface area contributed by atoms with E-state index in [1.165, 1.54) is 23.3 Å². The van der Waals surface area contributed by atoms with Crippen molar-refractivity contribution in [3.8, 4) is 11.6 Å². The topological polar surface area (TPSA) is 111 Å². The maximum Gasteiger partial charge on any atom is 0.573 e. The number of halogens is 3. The van der Waals surface area contributed by atoms with Crippen molar-refractivity contribution in [2.45, 2.75) is 64.1 Å². The van der Waals surface area contributed by atoms with Crippen LogP contribution in [0.2, 0.25) is 0 Å². The number of benzene rings is 1. The average molecular weight is 559 g/mol. The van der Waals surface area contributed by atoms with Gasteiger partial charge in [-0.15, -0.1) is 13.2 Å². The fraction of sp³-hybridized carbons (Fsp3) is 0.444. The fourth-order valence-electron chi connectivity index (χ4n) is 4.83. The highest BCUT2D eigenvalue weighted by Crippen LogP contribution is 2.42. The van der Waals surface area contributed by atoms with E-state index in [2.05, 4.69) is 25.1 Å². The number of aromatic nitrogens is 4. The van der Waals surface area contributed by atoms with Gasteiger partial charge in [-0.05, 0) is 75.4 Å². The van der Waals surface area contributed by atoms with E-state index in [1.54, 1.807) is 30.0 Å². The lowest BCUT2D eigenvalue weighted by molar-refractivity contribution is -0.274. The van der Waals surface area contributed by atoms with Crippen LogP contribution in [0.15, 0.2) is 42.9 Å². The van der Waals surface area contributed by atoms with Crippen molar-refractivity contribution in [3.05, 3.63) is 65.4 Å². The van der Waals surface area contributed by atoms with Crippen LogP contribution in [0.1, 0.15) is 77.7 Å². The van der Waals surface area contributed by atoms with Gasteiger partial charge >= 0.3 is 6.36 Å². The maximum absolute atomic E-state index is 13.1. The molecule has 0 bridgehead atoms. The minimum Gasteiger partial charge on any atom is -0.406 e. The summed E-state index contributed by atoms with van der Waals surface area (Å²) in [5.41, 5.74) is 1.09. The summed E-state index contributed by atoms with van der Waals surface area (Å²) >= 11 is 0. The maximum atomic E-state index is 13.1. The Bertz CT molecular complexity index is 1380. The van der Waals surface area contributed by atoms with Crippen LogP contribution in [0.4, 0.5) is 13.2 Å². The van der Waals surface area contributed by atoms with Crippen LogP contribution in [0.25, 0.3) is 5.82 Å². The van der Waals surface area contributed by atoms with Gasteiger partial charge in [0.1, 0.15) is 12.1 Å². The molecule has 3 atom stereocenters. The highest BCUT2D eigenvalue weighted by atomic mass is 19.4. The first-order valence-corrected chi connectivity index (χ1v) is 13.0. The summed E-state index contributed by atoms with van der Waals surface area (Å²) in [4.78, 5) is 36.4. The third kappa shape index (κ3) is 6.41. The summed E-state index contributed by atoms with van der Waals surface area (Å²) < 4.78 is 49.8. The zero-order valence-corrected chi connectivity index (χ0v) is 22.2. The average Bonchev–Trinajstić information content (AvgIpc) is 3.62. The van der Waals surface area contributed by atoms with E-state index in [0.29, 0.717) is 35.9 Å². The van der Waals surface area contributed by atoms with E-state index in [9.17, 15) is 22.8 Å². The number of carbonyl (C=O) groups excluding carboxylic acids is 2. The molecule has 1 aliphatic heterocycles. The van der Waals surface area contributed by atoms with Crippen molar-refractivity contribution in [3.63, 3.8) is 0 Å². The lowest BCUT2D eigenvalue weighted by atomic mass is 10.1. The second kappa shape index (κ2) is 10.9. The molecule has 5 rings (SSSR count). The molecule has 1 N–H and O–H groups in total. The zero-order valence-electron chi connectivity index (χ0n) is 22.2. The van der Waals surface area contributed by atoms with Crippen LogP contribution in [0, 0.1) is 0 Å². The zero-order chi connectivity index (χ0) is 28.6. The molecule has 40 heavy (non-hydrogen) atoms. The molecule has 1 aliphatic carbocycles. The first-order valence-electron chi connectivity index (χ1n) is 13.0. The van der Waals surface area contributed by atoms with Gasteiger partial charge in [0.05, 0.1) is 23.8 Å². The Balaban J connectivity index is 1.30. The van der Waals surface area contributed by atoms with Crippen molar-refractivity contribution in [2.75, 3.05) is 13.1 Å². The number of hydrogen-bond donors (Lipinski definition) is 1. The summed E-state index contributed by atoms with van der Waals surface area (Å²) in [6.45, 7) is 6.49. The monoisotopic (exact) mass is 558 g/mol. The van der Waals surface area contributed by atoms with Gasteiger partial charge in [-0.25, -0.2) is 9.97 Å². The Labute approximate surface area is 228 Å². The van der Waals surface area contributed by atoms with Gasteiger partial charge in [-0.3, -0.25) is 9.59 Å². The first kappa shape index (κ1) is 27.6. The molecular formula is C27H29F3N6O4. The number of hydrogen-bond acceptors (Lipinski definition) is 7. The van der Waals surface area contributed by atoms with E-state index >= 15 is 0 Å². The van der Waals surface area contributed by atoms with Gasteiger partial charge in [0, 0.05) is 24.8 Å². The molecule has 2 amide bonds. The first-order chi connectivity index (χ1) is 19.0. The number of morpholine rings is 1. The number of ether oxygens (including phenoxy) is 2. The number of amides is 2. The molecule has 13 heteroatoms. The summed E-state index contributed by atoms with van der Waals surface area (Å²) in [5, 5.41) is 6.97. The Kier molecular flexibility index (Phi) is 7.49. The summed E-state index contributed by atoms with van der Waals surface area (Å²) in [6.07, 6.45) is -0.535. The molecule has 0 radical (unpaired) electrons. The fourth-order valence-corrected chi connectivity index (χ4v) is 4.83. The molecule has 212 valence electrons. The van der Waals surface area contributed by atoms with Crippen molar-refractivity contribution in [1.82, 2.24) is 30.0 Å². The van der Waals surface area contributed by atoms with Gasteiger partial charge in [-0.1, -0.05) is 0 Å². The molecule has 1 aromatic carbocycles.